The number of primary amides is 1. The summed E-state index contributed by atoms with van der Waals surface area (Å²) in [5, 5.41) is 15.4. The SMILES string of the molecule is Cn1c(CCc2ccc(CNC(Nc3ccccc3)C(N)=O)cc2)nc2cc(C(=O)O)ccc21. The van der Waals surface area contributed by atoms with Crippen molar-refractivity contribution in [3.63, 3.8) is 0 Å². The van der Waals surface area contributed by atoms with E-state index < -0.39 is 18.0 Å². The Morgan fingerprint density at radius 2 is 1.71 bits per heavy atom. The number of rotatable bonds is 10. The van der Waals surface area contributed by atoms with Gasteiger partial charge in [0.05, 0.1) is 16.6 Å². The Hall–Kier alpha value is -4.17. The van der Waals surface area contributed by atoms with Crippen molar-refractivity contribution in [3.05, 3.63) is 95.3 Å². The van der Waals surface area contributed by atoms with E-state index in [1.807, 2.05) is 54.1 Å². The van der Waals surface area contributed by atoms with Crippen molar-refractivity contribution in [2.75, 3.05) is 5.32 Å². The predicted molar refractivity (Wildman–Crippen MR) is 131 cm³/mol. The zero-order valence-electron chi connectivity index (χ0n) is 18.9. The van der Waals surface area contributed by atoms with Gasteiger partial charge in [0.2, 0.25) is 0 Å². The van der Waals surface area contributed by atoms with E-state index in [9.17, 15) is 14.7 Å². The Labute approximate surface area is 197 Å². The number of anilines is 1. The van der Waals surface area contributed by atoms with Crippen LogP contribution in [-0.2, 0) is 31.2 Å². The van der Waals surface area contributed by atoms with Crippen molar-refractivity contribution in [1.29, 1.82) is 0 Å². The molecule has 3 aromatic carbocycles. The van der Waals surface area contributed by atoms with E-state index in [0.717, 1.165) is 41.0 Å². The maximum absolute atomic E-state index is 11.8. The lowest BCUT2D eigenvalue weighted by Crippen LogP contribution is -2.46. The first-order valence-corrected chi connectivity index (χ1v) is 11.0. The number of hydrogen-bond donors (Lipinski definition) is 4. The first kappa shape index (κ1) is 23.0. The molecule has 5 N–H and O–H groups in total. The summed E-state index contributed by atoms with van der Waals surface area (Å²) < 4.78 is 2.00. The molecule has 4 rings (SSSR count). The molecule has 34 heavy (non-hydrogen) atoms. The first-order chi connectivity index (χ1) is 16.4. The van der Waals surface area contributed by atoms with E-state index >= 15 is 0 Å². The lowest BCUT2D eigenvalue weighted by molar-refractivity contribution is -0.119. The van der Waals surface area contributed by atoms with Crippen LogP contribution in [0.5, 0.6) is 0 Å². The quantitative estimate of drug-likeness (QED) is 0.272. The average molecular weight is 458 g/mol. The van der Waals surface area contributed by atoms with E-state index in [1.54, 1.807) is 18.2 Å². The van der Waals surface area contributed by atoms with E-state index in [1.165, 1.54) is 0 Å². The fourth-order valence-electron chi connectivity index (χ4n) is 3.83. The van der Waals surface area contributed by atoms with Crippen LogP contribution in [0.25, 0.3) is 11.0 Å². The van der Waals surface area contributed by atoms with Crippen LogP contribution in [0.2, 0.25) is 0 Å². The highest BCUT2D eigenvalue weighted by atomic mass is 16.4. The molecule has 8 nitrogen and oxygen atoms in total. The number of aryl methyl sites for hydroxylation is 3. The number of hydrogen-bond acceptors (Lipinski definition) is 5. The van der Waals surface area contributed by atoms with Gasteiger partial charge in [0, 0.05) is 25.7 Å². The van der Waals surface area contributed by atoms with Crippen molar-refractivity contribution in [2.45, 2.75) is 25.6 Å². The number of carboxylic acid groups (broad SMARTS) is 1. The molecule has 0 aliphatic heterocycles. The van der Waals surface area contributed by atoms with Gasteiger partial charge in [0.25, 0.3) is 5.91 Å². The topological polar surface area (TPSA) is 122 Å². The molecule has 174 valence electrons. The minimum Gasteiger partial charge on any atom is -0.478 e. The molecule has 4 aromatic rings. The van der Waals surface area contributed by atoms with Gasteiger partial charge in [-0.2, -0.15) is 0 Å². The zero-order valence-corrected chi connectivity index (χ0v) is 18.9. The number of nitrogens with two attached hydrogens (primary N) is 1. The third-order valence-corrected chi connectivity index (χ3v) is 5.76. The number of nitrogens with zero attached hydrogens (tertiary/aromatic N) is 2. The summed E-state index contributed by atoms with van der Waals surface area (Å²) in [5.41, 5.74) is 10.4. The number of carboxylic acids is 1. The number of carbonyl (C=O) groups is 2. The summed E-state index contributed by atoms with van der Waals surface area (Å²) in [5.74, 6) is -0.528. The molecule has 8 heteroatoms. The molecule has 1 amide bonds. The Morgan fingerprint density at radius 1 is 1.00 bits per heavy atom. The Balaban J connectivity index is 1.35. The molecule has 0 saturated carbocycles. The number of para-hydroxylation sites is 1. The second-order valence-corrected chi connectivity index (χ2v) is 8.14. The molecule has 1 atom stereocenters. The second-order valence-electron chi connectivity index (χ2n) is 8.14. The molecule has 0 radical (unpaired) electrons. The number of aromatic carboxylic acids is 1. The van der Waals surface area contributed by atoms with Crippen LogP contribution in [0, 0.1) is 0 Å². The fourth-order valence-corrected chi connectivity index (χ4v) is 3.83. The minimum atomic E-state index is -0.957. The largest absolute Gasteiger partial charge is 0.478 e. The van der Waals surface area contributed by atoms with Crippen LogP contribution in [-0.4, -0.2) is 32.7 Å². The molecular formula is C26H27N5O3. The van der Waals surface area contributed by atoms with E-state index in [4.69, 9.17) is 5.73 Å². The molecule has 0 bridgehead atoms. The van der Waals surface area contributed by atoms with Crippen LogP contribution >= 0.6 is 0 Å². The van der Waals surface area contributed by atoms with Crippen LogP contribution < -0.4 is 16.4 Å². The number of benzene rings is 3. The lowest BCUT2D eigenvalue weighted by atomic mass is 10.1. The predicted octanol–water partition coefficient (Wildman–Crippen LogP) is 3.07. The van der Waals surface area contributed by atoms with Gasteiger partial charge < -0.3 is 20.7 Å². The summed E-state index contributed by atoms with van der Waals surface area (Å²) in [6.07, 6.45) is 0.854. The summed E-state index contributed by atoms with van der Waals surface area (Å²) in [7, 11) is 1.94. The molecule has 0 aliphatic carbocycles. The maximum Gasteiger partial charge on any atom is 0.335 e. The first-order valence-electron chi connectivity index (χ1n) is 11.0. The lowest BCUT2D eigenvalue weighted by Gasteiger charge is -2.18. The van der Waals surface area contributed by atoms with Crippen molar-refractivity contribution in [3.8, 4) is 0 Å². The standard InChI is InChI=1S/C26H27N5O3/c1-31-22-13-12-19(26(33)34)15-21(22)30-23(31)14-11-17-7-9-18(10-8-17)16-28-25(24(27)32)29-20-5-3-2-4-6-20/h2-10,12-13,15,25,28-29H,11,14,16H2,1H3,(H2,27,32)(H,33,34). The highest BCUT2D eigenvalue weighted by molar-refractivity contribution is 5.92. The molecule has 0 aliphatic rings. The van der Waals surface area contributed by atoms with Gasteiger partial charge in [-0.25, -0.2) is 9.78 Å². The van der Waals surface area contributed by atoms with Crippen LogP contribution in [0.1, 0.15) is 27.3 Å². The number of aromatic nitrogens is 2. The molecule has 1 aromatic heterocycles. The van der Waals surface area contributed by atoms with Crippen LogP contribution in [0.3, 0.4) is 0 Å². The number of amides is 1. The average Bonchev–Trinajstić information content (AvgIpc) is 3.16. The Kier molecular flexibility index (Phi) is 6.89. The van der Waals surface area contributed by atoms with Gasteiger partial charge in [0.15, 0.2) is 6.17 Å². The van der Waals surface area contributed by atoms with Crippen molar-refractivity contribution in [2.24, 2.45) is 12.8 Å². The van der Waals surface area contributed by atoms with Gasteiger partial charge in [-0.05, 0) is 47.9 Å². The van der Waals surface area contributed by atoms with E-state index in [0.29, 0.717) is 12.1 Å². The summed E-state index contributed by atoms with van der Waals surface area (Å²) in [6.45, 7) is 0.490. The van der Waals surface area contributed by atoms with Gasteiger partial charge in [-0.15, -0.1) is 0 Å². The van der Waals surface area contributed by atoms with Gasteiger partial charge >= 0.3 is 5.97 Å². The number of fused-ring (bicyclic) bond motifs is 1. The molecule has 0 fully saturated rings. The minimum absolute atomic E-state index is 0.235. The number of carbonyl (C=O) groups excluding carboxylic acids is 1. The van der Waals surface area contributed by atoms with E-state index in [-0.39, 0.29) is 5.56 Å². The summed E-state index contributed by atoms with van der Waals surface area (Å²) in [4.78, 5) is 27.6. The highest BCUT2D eigenvalue weighted by Crippen LogP contribution is 2.18. The van der Waals surface area contributed by atoms with Gasteiger partial charge in [-0.3, -0.25) is 10.1 Å². The van der Waals surface area contributed by atoms with Gasteiger partial charge in [0.1, 0.15) is 5.82 Å². The molecule has 0 saturated heterocycles. The third-order valence-electron chi connectivity index (χ3n) is 5.76. The summed E-state index contributed by atoms with van der Waals surface area (Å²) in [6, 6.07) is 22.6. The van der Waals surface area contributed by atoms with Crippen molar-refractivity contribution in [1.82, 2.24) is 14.9 Å². The molecular weight excluding hydrogens is 430 g/mol. The number of imidazole rings is 1. The maximum atomic E-state index is 11.8. The molecule has 1 unspecified atom stereocenters. The Morgan fingerprint density at radius 3 is 2.38 bits per heavy atom. The van der Waals surface area contributed by atoms with Crippen molar-refractivity contribution < 1.29 is 14.7 Å². The molecule has 1 heterocycles. The van der Waals surface area contributed by atoms with Crippen LogP contribution in [0.4, 0.5) is 5.69 Å². The number of nitrogens with one attached hydrogen (secondary N) is 2. The second kappa shape index (κ2) is 10.2. The van der Waals surface area contributed by atoms with Crippen molar-refractivity contribution >= 4 is 28.6 Å². The Bertz CT molecular complexity index is 1300. The monoisotopic (exact) mass is 457 g/mol. The van der Waals surface area contributed by atoms with Gasteiger partial charge in [-0.1, -0.05) is 42.5 Å². The van der Waals surface area contributed by atoms with E-state index in [2.05, 4.69) is 27.8 Å². The third kappa shape index (κ3) is 5.41. The smallest absolute Gasteiger partial charge is 0.335 e. The molecule has 0 spiro atoms. The normalized spacial score (nSPS) is 11.9. The van der Waals surface area contributed by atoms with Crippen LogP contribution in [0.15, 0.2) is 72.8 Å². The highest BCUT2D eigenvalue weighted by Gasteiger charge is 2.14. The zero-order chi connectivity index (χ0) is 24.1. The fraction of sp³-hybridized carbons (Fsp3) is 0.192. The summed E-state index contributed by atoms with van der Waals surface area (Å²) >= 11 is 0.